The highest BCUT2D eigenvalue weighted by Crippen LogP contribution is 2.09. The molecule has 1 rings (SSSR count). The average Bonchev–Trinajstić information content (AvgIpc) is 2.23. The van der Waals surface area contributed by atoms with Crippen LogP contribution in [-0.2, 0) is 9.53 Å². The number of methoxy groups -OCH3 is 1. The fraction of sp³-hybridized carbons (Fsp3) is 0.364. The summed E-state index contributed by atoms with van der Waals surface area (Å²) in [4.78, 5) is 11.5. The minimum atomic E-state index is -0.591. The minimum Gasteiger partial charge on any atom is -0.370 e. The number of anilines is 1. The molecule has 1 atom stereocenters. The first-order valence-corrected chi connectivity index (χ1v) is 4.77. The smallest absolute Gasteiger partial charge is 0.254 e. The molecular formula is C11H17ClN2O2. The average molecular weight is 245 g/mol. The number of amides is 1. The van der Waals surface area contributed by atoms with Gasteiger partial charge in [-0.25, -0.2) is 0 Å². The maximum Gasteiger partial charge on any atom is 0.254 e. The number of hydrogen-bond acceptors (Lipinski definition) is 3. The van der Waals surface area contributed by atoms with E-state index in [1.165, 1.54) is 7.11 Å². The van der Waals surface area contributed by atoms with Crippen molar-refractivity contribution in [3.8, 4) is 0 Å². The van der Waals surface area contributed by atoms with Gasteiger partial charge in [0, 0.05) is 19.3 Å². The predicted octanol–water partition coefficient (Wildman–Crippen LogP) is 1.33. The molecule has 0 radical (unpaired) electrons. The Morgan fingerprint density at radius 2 is 2.00 bits per heavy atom. The largest absolute Gasteiger partial charge is 0.370 e. The van der Waals surface area contributed by atoms with Crippen molar-refractivity contribution in [1.82, 2.24) is 0 Å². The molecule has 0 aromatic heterocycles. The zero-order valence-electron chi connectivity index (χ0n) is 9.40. The standard InChI is InChI=1S/C11H16N2O2.ClH/c1-8-3-5-9(6-4-8)13-11(14)10(7-12)15-2;/h3-6,10H,7,12H2,1-2H3,(H,13,14);1H. The van der Waals surface area contributed by atoms with Crippen molar-refractivity contribution in [2.24, 2.45) is 5.73 Å². The SMILES string of the molecule is COC(CN)C(=O)Nc1ccc(C)cc1.Cl. The maximum atomic E-state index is 11.5. The predicted molar refractivity (Wildman–Crippen MR) is 66.9 cm³/mol. The molecule has 0 aliphatic rings. The topological polar surface area (TPSA) is 64.3 Å². The lowest BCUT2D eigenvalue weighted by molar-refractivity contribution is -0.125. The molecule has 5 heteroatoms. The molecule has 3 N–H and O–H groups in total. The van der Waals surface area contributed by atoms with Gasteiger partial charge in [0.1, 0.15) is 6.10 Å². The summed E-state index contributed by atoms with van der Waals surface area (Å²) < 4.78 is 4.92. The van der Waals surface area contributed by atoms with Gasteiger partial charge in [0.2, 0.25) is 0 Å². The van der Waals surface area contributed by atoms with E-state index in [2.05, 4.69) is 5.32 Å². The van der Waals surface area contributed by atoms with Crippen LogP contribution >= 0.6 is 12.4 Å². The molecule has 0 aliphatic carbocycles. The van der Waals surface area contributed by atoms with E-state index in [4.69, 9.17) is 10.5 Å². The molecular weight excluding hydrogens is 228 g/mol. The third-order valence-corrected chi connectivity index (χ3v) is 2.11. The van der Waals surface area contributed by atoms with Crippen molar-refractivity contribution in [3.05, 3.63) is 29.8 Å². The highest BCUT2D eigenvalue weighted by atomic mass is 35.5. The first-order valence-electron chi connectivity index (χ1n) is 4.77. The fourth-order valence-electron chi connectivity index (χ4n) is 1.17. The lowest BCUT2D eigenvalue weighted by atomic mass is 10.2. The summed E-state index contributed by atoms with van der Waals surface area (Å²) in [5.41, 5.74) is 7.28. The van der Waals surface area contributed by atoms with E-state index in [1.54, 1.807) is 0 Å². The Hall–Kier alpha value is -1.10. The zero-order chi connectivity index (χ0) is 11.3. The van der Waals surface area contributed by atoms with E-state index in [0.29, 0.717) is 0 Å². The molecule has 0 bridgehead atoms. The molecule has 0 heterocycles. The quantitative estimate of drug-likeness (QED) is 0.840. The molecule has 1 aromatic rings. The van der Waals surface area contributed by atoms with Gasteiger partial charge in [0.05, 0.1) is 0 Å². The van der Waals surface area contributed by atoms with Gasteiger partial charge in [-0.3, -0.25) is 4.79 Å². The van der Waals surface area contributed by atoms with Crippen LogP contribution in [0.15, 0.2) is 24.3 Å². The highest BCUT2D eigenvalue weighted by Gasteiger charge is 2.15. The van der Waals surface area contributed by atoms with Gasteiger partial charge in [-0.15, -0.1) is 12.4 Å². The van der Waals surface area contributed by atoms with Gasteiger partial charge in [-0.1, -0.05) is 17.7 Å². The molecule has 0 aliphatic heterocycles. The van der Waals surface area contributed by atoms with E-state index in [9.17, 15) is 4.79 Å². The Kier molecular flexibility index (Phi) is 6.72. The number of ether oxygens (including phenoxy) is 1. The van der Waals surface area contributed by atoms with E-state index in [-0.39, 0.29) is 24.9 Å². The zero-order valence-corrected chi connectivity index (χ0v) is 10.2. The van der Waals surface area contributed by atoms with Crippen molar-refractivity contribution in [3.63, 3.8) is 0 Å². The monoisotopic (exact) mass is 244 g/mol. The molecule has 0 saturated carbocycles. The summed E-state index contributed by atoms with van der Waals surface area (Å²) in [5, 5.41) is 2.73. The Balaban J connectivity index is 0.00000225. The first-order chi connectivity index (χ1) is 7.17. The van der Waals surface area contributed by atoms with Gasteiger partial charge >= 0.3 is 0 Å². The number of benzene rings is 1. The van der Waals surface area contributed by atoms with Crippen LogP contribution in [-0.4, -0.2) is 25.7 Å². The number of aryl methyl sites for hydroxylation is 1. The van der Waals surface area contributed by atoms with E-state index < -0.39 is 6.10 Å². The van der Waals surface area contributed by atoms with Crippen molar-refractivity contribution >= 4 is 24.0 Å². The van der Waals surface area contributed by atoms with Crippen LogP contribution in [0.1, 0.15) is 5.56 Å². The summed E-state index contributed by atoms with van der Waals surface area (Å²) in [6.45, 7) is 2.16. The van der Waals surface area contributed by atoms with E-state index >= 15 is 0 Å². The summed E-state index contributed by atoms with van der Waals surface area (Å²) in [6.07, 6.45) is -0.591. The number of halogens is 1. The highest BCUT2D eigenvalue weighted by molar-refractivity contribution is 5.94. The molecule has 16 heavy (non-hydrogen) atoms. The summed E-state index contributed by atoms with van der Waals surface area (Å²) in [6, 6.07) is 7.55. The van der Waals surface area contributed by atoms with Crippen molar-refractivity contribution < 1.29 is 9.53 Å². The van der Waals surface area contributed by atoms with Crippen LogP contribution in [0, 0.1) is 6.92 Å². The lowest BCUT2D eigenvalue weighted by Gasteiger charge is -2.12. The van der Waals surface area contributed by atoms with Crippen LogP contribution < -0.4 is 11.1 Å². The Bertz CT molecular complexity index is 323. The lowest BCUT2D eigenvalue weighted by Crippen LogP contribution is -2.35. The summed E-state index contributed by atoms with van der Waals surface area (Å²) >= 11 is 0. The Morgan fingerprint density at radius 3 is 2.44 bits per heavy atom. The molecule has 1 unspecified atom stereocenters. The van der Waals surface area contributed by atoms with Crippen LogP contribution in [0.5, 0.6) is 0 Å². The molecule has 90 valence electrons. The van der Waals surface area contributed by atoms with Gasteiger partial charge < -0.3 is 15.8 Å². The molecule has 4 nitrogen and oxygen atoms in total. The Morgan fingerprint density at radius 1 is 1.44 bits per heavy atom. The van der Waals surface area contributed by atoms with Crippen molar-refractivity contribution in [2.75, 3.05) is 19.0 Å². The molecule has 0 spiro atoms. The third-order valence-electron chi connectivity index (χ3n) is 2.11. The molecule has 0 fully saturated rings. The number of carbonyl (C=O) groups is 1. The van der Waals surface area contributed by atoms with Crippen LogP contribution in [0.3, 0.4) is 0 Å². The van der Waals surface area contributed by atoms with Crippen molar-refractivity contribution in [2.45, 2.75) is 13.0 Å². The maximum absolute atomic E-state index is 11.5. The molecule has 1 aromatic carbocycles. The van der Waals surface area contributed by atoms with E-state index in [1.807, 2.05) is 31.2 Å². The molecule has 0 saturated heterocycles. The number of carbonyl (C=O) groups excluding carboxylic acids is 1. The van der Waals surface area contributed by atoms with Gasteiger partial charge in [0.15, 0.2) is 0 Å². The van der Waals surface area contributed by atoms with Crippen LogP contribution in [0.4, 0.5) is 5.69 Å². The first kappa shape index (κ1) is 14.9. The molecule has 1 amide bonds. The number of nitrogens with one attached hydrogen (secondary N) is 1. The second-order valence-electron chi connectivity index (χ2n) is 3.32. The summed E-state index contributed by atoms with van der Waals surface area (Å²) in [5.74, 6) is -0.219. The van der Waals surface area contributed by atoms with Gasteiger partial charge in [0.25, 0.3) is 5.91 Å². The van der Waals surface area contributed by atoms with Gasteiger partial charge in [-0.05, 0) is 19.1 Å². The van der Waals surface area contributed by atoms with Crippen LogP contribution in [0.2, 0.25) is 0 Å². The number of hydrogen-bond donors (Lipinski definition) is 2. The number of rotatable bonds is 4. The van der Waals surface area contributed by atoms with Crippen LogP contribution in [0.25, 0.3) is 0 Å². The second kappa shape index (κ2) is 7.22. The number of nitrogens with two attached hydrogens (primary N) is 1. The van der Waals surface area contributed by atoms with E-state index in [0.717, 1.165) is 11.3 Å². The van der Waals surface area contributed by atoms with Gasteiger partial charge in [-0.2, -0.15) is 0 Å². The minimum absolute atomic E-state index is 0. The summed E-state index contributed by atoms with van der Waals surface area (Å²) in [7, 11) is 1.46. The second-order valence-corrected chi connectivity index (χ2v) is 3.32. The Labute approximate surface area is 102 Å². The van der Waals surface area contributed by atoms with Crippen molar-refractivity contribution in [1.29, 1.82) is 0 Å². The fourth-order valence-corrected chi connectivity index (χ4v) is 1.17. The normalized spacial score (nSPS) is 11.4. The third kappa shape index (κ3) is 4.18.